The fourth-order valence-corrected chi connectivity index (χ4v) is 4.34. The number of amides is 1. The van der Waals surface area contributed by atoms with Crippen LogP contribution in [0.5, 0.6) is 0 Å². The van der Waals surface area contributed by atoms with Crippen LogP contribution in [0.25, 0.3) is 22.2 Å². The van der Waals surface area contributed by atoms with Crippen LogP contribution in [0, 0.1) is 0 Å². The zero-order valence-electron chi connectivity index (χ0n) is 17.6. The number of fused-ring (bicyclic) bond motifs is 1. The molecule has 158 valence electrons. The lowest BCUT2D eigenvalue weighted by molar-refractivity contribution is -0.146. The zero-order chi connectivity index (χ0) is 22.3. The van der Waals surface area contributed by atoms with Crippen LogP contribution in [-0.4, -0.2) is 21.8 Å². The molecule has 1 aliphatic heterocycles. The summed E-state index contributed by atoms with van der Waals surface area (Å²) in [6.07, 6.45) is 0. The molecular formula is C26H20ClN3O2. The lowest BCUT2D eigenvalue weighted by atomic mass is 10.0. The smallest absolute Gasteiger partial charge is 0.243 e. The number of hydrogen-bond donors (Lipinski definition) is 0. The molecule has 1 amide bonds. The Bertz CT molecular complexity index is 1370. The summed E-state index contributed by atoms with van der Waals surface area (Å²) in [5.74, 6) is 0.0995. The number of aromatic nitrogens is 1. The summed E-state index contributed by atoms with van der Waals surface area (Å²) in [4.78, 5) is 17.4. The number of hydrazone groups is 1. The summed E-state index contributed by atoms with van der Waals surface area (Å²) in [6.45, 7) is 3.26. The molecule has 0 saturated heterocycles. The number of nitrogens with zero attached hydrogens (tertiary/aromatic N) is 3. The van der Waals surface area contributed by atoms with Crippen molar-refractivity contribution in [1.82, 2.24) is 9.99 Å². The Hall–Kier alpha value is -3.70. The van der Waals surface area contributed by atoms with Gasteiger partial charge >= 0.3 is 0 Å². The summed E-state index contributed by atoms with van der Waals surface area (Å²) in [5.41, 5.74) is 2.85. The van der Waals surface area contributed by atoms with Crippen molar-refractivity contribution in [1.29, 1.82) is 0 Å². The van der Waals surface area contributed by atoms with Crippen LogP contribution in [0.1, 0.15) is 25.0 Å². The molecule has 1 aliphatic rings. The standard InChI is InChI=1S/C26H20ClN3O2/c1-17(31)30-26(2,21-13-7-8-14-22(21)27)32-25(29-30)20-16-24(18-10-4-3-5-11-18)28-23-15-9-6-12-19(20)23/h3-16H,1-2H3. The SMILES string of the molecule is CC(=O)N1N=C(c2cc(-c3ccccc3)nc3ccccc23)OC1(C)c1ccccc1Cl. The largest absolute Gasteiger partial charge is 0.443 e. The third-order valence-electron chi connectivity index (χ3n) is 5.58. The van der Waals surface area contributed by atoms with E-state index in [4.69, 9.17) is 21.3 Å². The Balaban J connectivity index is 1.69. The van der Waals surface area contributed by atoms with Crippen molar-refractivity contribution in [2.24, 2.45) is 5.10 Å². The van der Waals surface area contributed by atoms with Crippen molar-refractivity contribution in [3.8, 4) is 11.3 Å². The predicted octanol–water partition coefficient (Wildman–Crippen LogP) is 5.97. The van der Waals surface area contributed by atoms with Crippen LogP contribution in [-0.2, 0) is 15.3 Å². The molecule has 0 bridgehead atoms. The fraction of sp³-hybridized carbons (Fsp3) is 0.115. The molecule has 1 atom stereocenters. The highest BCUT2D eigenvalue weighted by Crippen LogP contribution is 2.40. The second-order valence-corrected chi connectivity index (χ2v) is 8.15. The van der Waals surface area contributed by atoms with Gasteiger partial charge in [0.1, 0.15) is 0 Å². The maximum absolute atomic E-state index is 12.6. The number of rotatable bonds is 3. The molecular weight excluding hydrogens is 422 g/mol. The number of para-hydroxylation sites is 1. The van der Waals surface area contributed by atoms with Crippen LogP contribution < -0.4 is 0 Å². The molecule has 0 N–H and O–H groups in total. The van der Waals surface area contributed by atoms with Crippen LogP contribution in [0.4, 0.5) is 0 Å². The quantitative estimate of drug-likeness (QED) is 0.393. The van der Waals surface area contributed by atoms with E-state index < -0.39 is 5.72 Å². The molecule has 0 aliphatic carbocycles. The van der Waals surface area contributed by atoms with Crippen molar-refractivity contribution in [3.05, 3.63) is 101 Å². The molecule has 3 aromatic carbocycles. The molecule has 2 heterocycles. The fourth-order valence-electron chi connectivity index (χ4n) is 4.03. The number of carbonyl (C=O) groups is 1. The van der Waals surface area contributed by atoms with E-state index in [1.807, 2.05) is 78.9 Å². The van der Waals surface area contributed by atoms with Crippen LogP contribution >= 0.6 is 11.6 Å². The number of carbonyl (C=O) groups excluding carboxylic acids is 1. The summed E-state index contributed by atoms with van der Waals surface area (Å²) >= 11 is 6.48. The number of pyridine rings is 1. The molecule has 5 rings (SSSR count). The van der Waals surface area contributed by atoms with Crippen LogP contribution in [0.15, 0.2) is 90.0 Å². The van der Waals surface area contributed by atoms with Crippen molar-refractivity contribution >= 4 is 34.3 Å². The first-order valence-electron chi connectivity index (χ1n) is 10.3. The van der Waals surface area contributed by atoms with Gasteiger partial charge in [-0.05, 0) is 18.2 Å². The van der Waals surface area contributed by atoms with E-state index in [-0.39, 0.29) is 5.91 Å². The number of benzene rings is 3. The maximum Gasteiger partial charge on any atom is 0.243 e. The molecule has 0 fully saturated rings. The number of halogens is 1. The van der Waals surface area contributed by atoms with Crippen molar-refractivity contribution in [3.63, 3.8) is 0 Å². The minimum absolute atomic E-state index is 0.246. The van der Waals surface area contributed by atoms with E-state index in [0.29, 0.717) is 16.5 Å². The first-order valence-corrected chi connectivity index (χ1v) is 10.6. The third kappa shape index (κ3) is 3.31. The van der Waals surface area contributed by atoms with Crippen molar-refractivity contribution in [2.45, 2.75) is 19.6 Å². The Morgan fingerprint density at radius 3 is 2.41 bits per heavy atom. The molecule has 32 heavy (non-hydrogen) atoms. The molecule has 1 unspecified atom stereocenters. The zero-order valence-corrected chi connectivity index (χ0v) is 18.4. The summed E-state index contributed by atoms with van der Waals surface area (Å²) < 4.78 is 6.42. The topological polar surface area (TPSA) is 54.8 Å². The Morgan fingerprint density at radius 2 is 1.66 bits per heavy atom. The first kappa shape index (κ1) is 20.2. The van der Waals surface area contributed by atoms with Gasteiger partial charge in [-0.2, -0.15) is 5.01 Å². The van der Waals surface area contributed by atoms with E-state index in [2.05, 4.69) is 5.10 Å². The van der Waals surface area contributed by atoms with Gasteiger partial charge in [0.05, 0.1) is 11.2 Å². The minimum Gasteiger partial charge on any atom is -0.443 e. The molecule has 0 spiro atoms. The van der Waals surface area contributed by atoms with Gasteiger partial charge < -0.3 is 4.74 Å². The average molecular weight is 442 g/mol. The van der Waals surface area contributed by atoms with Crippen molar-refractivity contribution < 1.29 is 9.53 Å². The lowest BCUT2D eigenvalue weighted by Crippen LogP contribution is -2.41. The normalized spacial score (nSPS) is 17.8. The highest BCUT2D eigenvalue weighted by atomic mass is 35.5. The maximum atomic E-state index is 12.6. The summed E-state index contributed by atoms with van der Waals surface area (Å²) in [7, 11) is 0. The molecule has 5 nitrogen and oxygen atoms in total. The van der Waals surface area contributed by atoms with Gasteiger partial charge in [0.2, 0.25) is 17.5 Å². The Labute approximate surface area is 190 Å². The van der Waals surface area contributed by atoms with E-state index in [9.17, 15) is 4.79 Å². The van der Waals surface area contributed by atoms with Crippen molar-refractivity contribution in [2.75, 3.05) is 0 Å². The second kappa shape index (κ2) is 7.77. The monoisotopic (exact) mass is 441 g/mol. The molecule has 6 heteroatoms. The van der Waals surface area contributed by atoms with Gasteiger partial charge in [-0.25, -0.2) is 4.98 Å². The van der Waals surface area contributed by atoms with Gasteiger partial charge in [-0.15, -0.1) is 5.10 Å². The summed E-state index contributed by atoms with van der Waals surface area (Å²) in [6, 6.07) is 27.0. The minimum atomic E-state index is -1.17. The van der Waals surface area contributed by atoms with Crippen LogP contribution in [0.3, 0.4) is 0 Å². The number of ether oxygens (including phenoxy) is 1. The second-order valence-electron chi connectivity index (χ2n) is 7.74. The van der Waals surface area contributed by atoms with Gasteiger partial charge in [-0.3, -0.25) is 4.79 Å². The van der Waals surface area contributed by atoms with Gasteiger partial charge in [0, 0.05) is 40.9 Å². The molecule has 0 radical (unpaired) electrons. The van der Waals surface area contributed by atoms with Gasteiger partial charge in [-0.1, -0.05) is 78.3 Å². The molecule has 4 aromatic rings. The van der Waals surface area contributed by atoms with E-state index in [0.717, 1.165) is 27.7 Å². The first-order chi connectivity index (χ1) is 15.5. The average Bonchev–Trinajstić information content (AvgIpc) is 3.17. The predicted molar refractivity (Wildman–Crippen MR) is 126 cm³/mol. The molecule has 0 saturated carbocycles. The van der Waals surface area contributed by atoms with Gasteiger partial charge in [0.25, 0.3) is 0 Å². The Morgan fingerprint density at radius 1 is 0.969 bits per heavy atom. The van der Waals surface area contributed by atoms with E-state index in [1.54, 1.807) is 13.0 Å². The van der Waals surface area contributed by atoms with Gasteiger partial charge in [0.15, 0.2) is 0 Å². The highest BCUT2D eigenvalue weighted by Gasteiger charge is 2.46. The lowest BCUT2D eigenvalue weighted by Gasteiger charge is -2.31. The van der Waals surface area contributed by atoms with E-state index >= 15 is 0 Å². The Kier molecular flexibility index (Phi) is 4.91. The number of hydrogen-bond acceptors (Lipinski definition) is 4. The van der Waals surface area contributed by atoms with E-state index in [1.165, 1.54) is 11.9 Å². The third-order valence-corrected chi connectivity index (χ3v) is 5.91. The molecule has 1 aromatic heterocycles. The van der Waals surface area contributed by atoms with Crippen LogP contribution in [0.2, 0.25) is 5.02 Å². The highest BCUT2D eigenvalue weighted by molar-refractivity contribution is 6.31. The summed E-state index contributed by atoms with van der Waals surface area (Å²) in [5, 5.41) is 7.34.